The van der Waals surface area contributed by atoms with Gasteiger partial charge in [-0.1, -0.05) is 153 Å². The van der Waals surface area contributed by atoms with E-state index in [4.69, 9.17) is 47.8 Å². The Bertz CT molecular complexity index is 3250. The topological polar surface area (TPSA) is 364 Å². The van der Waals surface area contributed by atoms with Gasteiger partial charge < -0.3 is 105 Å². The minimum absolute atomic E-state index is 0.326. The third kappa shape index (κ3) is 56.1. The van der Waals surface area contributed by atoms with E-state index in [0.717, 1.165) is 149 Å². The van der Waals surface area contributed by atoms with Gasteiger partial charge in [-0.25, -0.2) is 0 Å². The summed E-state index contributed by atoms with van der Waals surface area (Å²) in [6, 6.07) is 40.6. The fourth-order valence-electron chi connectivity index (χ4n) is 11.1. The number of aromatic nitrogens is 5. The standard InChI is InChI=1S/C20H34BNO4.C19H27N3O2.C14H24BNO4.3C13H22N2O2/c1-6-7-12-24-15-18(23)14-22-13-16-8-10-17(11-9-16)21-25-19(2,3)20(4,5)26-21;1-2-3-12-24-16-19(23)15-22(13-17-8-4-6-10-20-17)14-18-9-5-7-11-21-18;1-2-3-8-20-11-14(17)10-16-9-12-4-6-13(7-5-12)15(18)19;1-2-3-8-17-11-13(16)10-15-9-12-4-6-14-7-5-12;1-2-3-8-17-11-13(16)10-14-9-12-6-4-5-7-15-12;1-2-3-7-17-11-13(16)10-15-9-12-5-4-6-14-8-12/h8-11,18,22-23H,6-7,12-15H2,1-5H3;4-11,19,23H,2-3,12-16H2,1H3;4-7,14,16-19H,2-3,8-11H2,1H3;4-7,13,15-16H,2-3,8-11H2,1H3;4-7,13-14,16H,2-3,8-11H2,1H3;4-6,8,13,15-16H,2-3,7,9-11H2,1H3. The molecule has 0 aliphatic carbocycles. The average Bonchev–Trinajstić information content (AvgIpc) is 1.63. The molecule has 1 fully saturated rings. The van der Waals surface area contributed by atoms with Crippen LogP contribution >= 0.6 is 0 Å². The SMILES string of the molecule is CCCCOCC(O)CN(Cc1ccccn1)Cc1ccccn1.CCCCOCC(O)CNCc1ccc(B(O)O)cc1.CCCCOCC(O)CNCc1ccc(B2OC(C)(C)C(C)(C)O2)cc1.CCCCOCC(O)CNCc1ccccn1.CCCCOCC(O)CNCc1cccnc1.CCCCOCC(O)CNCc1ccncc1. The number of rotatable bonds is 58. The molecule has 121 heavy (non-hydrogen) atoms. The summed E-state index contributed by atoms with van der Waals surface area (Å²) in [6.45, 7) is 35.5. The molecule has 6 atom stereocenters. The molecule has 8 rings (SSSR count). The zero-order chi connectivity index (χ0) is 88.1. The molecular weight excluding hydrogens is 1540 g/mol. The summed E-state index contributed by atoms with van der Waals surface area (Å²) in [5, 5.41) is 92.6. The lowest BCUT2D eigenvalue weighted by molar-refractivity contribution is 0.00578. The van der Waals surface area contributed by atoms with Gasteiger partial charge in [-0.15, -0.1) is 0 Å². The van der Waals surface area contributed by atoms with Crippen LogP contribution in [-0.2, 0) is 83.5 Å². The Hall–Kier alpha value is -6.56. The van der Waals surface area contributed by atoms with Crippen LogP contribution in [0.1, 0.15) is 186 Å². The number of nitrogens with zero attached hydrogens (tertiary/aromatic N) is 6. The molecule has 2 aromatic carbocycles. The van der Waals surface area contributed by atoms with Gasteiger partial charge in [0, 0.05) is 168 Å². The molecule has 1 aliphatic rings. The molecule has 0 spiro atoms. The van der Waals surface area contributed by atoms with Gasteiger partial charge in [-0.3, -0.25) is 29.8 Å². The molecule has 5 aromatic heterocycles. The van der Waals surface area contributed by atoms with E-state index >= 15 is 0 Å². The molecule has 6 unspecified atom stereocenters. The molecule has 7 aromatic rings. The van der Waals surface area contributed by atoms with E-state index in [2.05, 4.69) is 138 Å². The highest BCUT2D eigenvalue weighted by atomic mass is 16.7. The number of hydrogen-bond acceptors (Lipinski definition) is 27. The van der Waals surface area contributed by atoms with Crippen LogP contribution in [-0.4, -0.2) is 251 Å². The van der Waals surface area contributed by atoms with E-state index in [1.807, 2.05) is 109 Å². The zero-order valence-corrected chi connectivity index (χ0v) is 74.5. The highest BCUT2D eigenvalue weighted by molar-refractivity contribution is 6.62. The lowest BCUT2D eigenvalue weighted by Crippen LogP contribution is -2.41. The number of benzene rings is 2. The fourth-order valence-corrected chi connectivity index (χ4v) is 11.1. The monoisotopic (exact) mass is 1690 g/mol. The van der Waals surface area contributed by atoms with E-state index in [1.54, 1.807) is 49.3 Å². The number of hydrogen-bond donors (Lipinski definition) is 13. The largest absolute Gasteiger partial charge is 0.494 e. The molecule has 6 heterocycles. The summed E-state index contributed by atoms with van der Waals surface area (Å²) in [5.74, 6) is 0. The van der Waals surface area contributed by atoms with Gasteiger partial charge in [0.2, 0.25) is 0 Å². The van der Waals surface area contributed by atoms with Crippen LogP contribution in [0.4, 0.5) is 0 Å². The Morgan fingerprint density at radius 3 is 1.02 bits per heavy atom. The Kier molecular flexibility index (Phi) is 63.5. The predicted molar refractivity (Wildman–Crippen MR) is 483 cm³/mol. The van der Waals surface area contributed by atoms with Crippen LogP contribution in [0.2, 0.25) is 0 Å². The highest BCUT2D eigenvalue weighted by Crippen LogP contribution is 2.36. The van der Waals surface area contributed by atoms with Crippen molar-refractivity contribution in [1.29, 1.82) is 0 Å². The first-order valence-electron chi connectivity index (χ1n) is 43.8. The van der Waals surface area contributed by atoms with Crippen LogP contribution in [0, 0.1) is 0 Å². The Morgan fingerprint density at radius 1 is 0.364 bits per heavy atom. The van der Waals surface area contributed by atoms with Crippen molar-refractivity contribution in [3.05, 3.63) is 210 Å². The molecule has 13 N–H and O–H groups in total. The molecule has 27 nitrogen and oxygen atoms in total. The van der Waals surface area contributed by atoms with Gasteiger partial charge >= 0.3 is 14.2 Å². The first kappa shape index (κ1) is 109. The van der Waals surface area contributed by atoms with E-state index in [1.165, 1.54) is 5.56 Å². The van der Waals surface area contributed by atoms with Crippen molar-refractivity contribution in [2.75, 3.05) is 119 Å². The van der Waals surface area contributed by atoms with E-state index in [9.17, 15) is 30.6 Å². The molecule has 0 saturated carbocycles. The number of aliphatic hydroxyl groups excluding tert-OH is 6. The summed E-state index contributed by atoms with van der Waals surface area (Å²) < 4.78 is 44.4. The first-order chi connectivity index (χ1) is 58.6. The third-order valence-electron chi connectivity index (χ3n) is 18.9. The normalized spacial score (nSPS) is 14.1. The van der Waals surface area contributed by atoms with Gasteiger partial charge in [-0.2, -0.15) is 0 Å². The Balaban J connectivity index is 0.000000378. The second kappa shape index (κ2) is 70.7. The van der Waals surface area contributed by atoms with Crippen molar-refractivity contribution in [3.63, 3.8) is 0 Å². The molecule has 0 amide bonds. The van der Waals surface area contributed by atoms with Crippen LogP contribution in [0.3, 0.4) is 0 Å². The molecule has 1 saturated heterocycles. The van der Waals surface area contributed by atoms with Gasteiger partial charge in [0.1, 0.15) is 0 Å². The maximum absolute atomic E-state index is 10.3. The lowest BCUT2D eigenvalue weighted by atomic mass is 9.79. The summed E-state index contributed by atoms with van der Waals surface area (Å²) in [7, 11) is -1.76. The van der Waals surface area contributed by atoms with Gasteiger partial charge in [0.25, 0.3) is 0 Å². The van der Waals surface area contributed by atoms with Crippen molar-refractivity contribution in [2.45, 2.75) is 240 Å². The molecule has 0 bridgehead atoms. The van der Waals surface area contributed by atoms with Crippen LogP contribution in [0.25, 0.3) is 0 Å². The molecular formula is C92H151B2N11O16. The second-order valence-corrected chi connectivity index (χ2v) is 30.9. The smallest absolute Gasteiger partial charge is 0.423 e. The number of aliphatic hydroxyl groups is 6. The van der Waals surface area contributed by atoms with Crippen molar-refractivity contribution < 1.29 is 78.4 Å². The molecule has 0 radical (unpaired) electrons. The summed E-state index contributed by atoms with van der Waals surface area (Å²) in [6.07, 6.45) is 22.5. The molecule has 1 aliphatic heterocycles. The number of unbranched alkanes of at least 4 members (excludes halogenated alkanes) is 6. The summed E-state index contributed by atoms with van der Waals surface area (Å²) in [4.78, 5) is 23.1. The summed E-state index contributed by atoms with van der Waals surface area (Å²) in [5.41, 5.74) is 8.24. The van der Waals surface area contributed by atoms with E-state index in [0.29, 0.717) is 137 Å². The Morgan fingerprint density at radius 2 is 0.694 bits per heavy atom. The van der Waals surface area contributed by atoms with Gasteiger partial charge in [0.15, 0.2) is 0 Å². The van der Waals surface area contributed by atoms with Crippen molar-refractivity contribution in [2.24, 2.45) is 0 Å². The van der Waals surface area contributed by atoms with Gasteiger partial charge in [0.05, 0.1) is 105 Å². The van der Waals surface area contributed by atoms with Crippen LogP contribution in [0.15, 0.2) is 171 Å². The minimum Gasteiger partial charge on any atom is -0.423 e. The lowest BCUT2D eigenvalue weighted by Gasteiger charge is -2.32. The zero-order valence-electron chi connectivity index (χ0n) is 74.5. The molecule has 29 heteroatoms. The van der Waals surface area contributed by atoms with Crippen LogP contribution in [0.5, 0.6) is 0 Å². The van der Waals surface area contributed by atoms with E-state index < -0.39 is 43.7 Å². The first-order valence-corrected chi connectivity index (χ1v) is 43.8. The van der Waals surface area contributed by atoms with Crippen LogP contribution < -0.4 is 37.5 Å². The fraction of sp³-hybridized carbons (Fsp3) is 0.598. The van der Waals surface area contributed by atoms with Crippen molar-refractivity contribution in [1.82, 2.24) is 56.4 Å². The number of ether oxygens (including phenoxy) is 6. The number of pyridine rings is 5. The summed E-state index contributed by atoms with van der Waals surface area (Å²) >= 11 is 0. The van der Waals surface area contributed by atoms with Crippen molar-refractivity contribution in [3.8, 4) is 0 Å². The van der Waals surface area contributed by atoms with Crippen molar-refractivity contribution >= 4 is 25.2 Å². The highest BCUT2D eigenvalue weighted by Gasteiger charge is 2.51. The average molecular weight is 1690 g/mol. The predicted octanol–water partition coefficient (Wildman–Crippen LogP) is 8.59. The van der Waals surface area contributed by atoms with Gasteiger partial charge in [-0.05, 0) is 154 Å². The quantitative estimate of drug-likeness (QED) is 0.0125. The van der Waals surface area contributed by atoms with E-state index in [-0.39, 0.29) is 18.3 Å². The minimum atomic E-state index is -1.43. The molecule has 676 valence electrons. The number of nitrogens with one attached hydrogen (secondary N) is 5. The third-order valence-corrected chi connectivity index (χ3v) is 18.9. The maximum Gasteiger partial charge on any atom is 0.494 e. The maximum atomic E-state index is 10.3. The second-order valence-electron chi connectivity index (χ2n) is 30.9. The Labute approximate surface area is 725 Å².